The molecule has 1 aliphatic rings. The van der Waals surface area contributed by atoms with Gasteiger partial charge in [-0.2, -0.15) is 0 Å². The van der Waals surface area contributed by atoms with Crippen molar-refractivity contribution >= 4 is 5.91 Å². The van der Waals surface area contributed by atoms with E-state index in [0.717, 1.165) is 24.2 Å². The Labute approximate surface area is 142 Å². The van der Waals surface area contributed by atoms with Crippen LogP contribution in [0, 0.1) is 0 Å². The predicted octanol–water partition coefficient (Wildman–Crippen LogP) is 3.34. The molecular formula is C19H22N2O3. The molecule has 0 atom stereocenters. The average molecular weight is 326 g/mol. The molecule has 0 spiro atoms. The molecule has 1 amide bonds. The lowest BCUT2D eigenvalue weighted by atomic mass is 10.2. The summed E-state index contributed by atoms with van der Waals surface area (Å²) in [7, 11) is 1.63. The number of hydrogen-bond acceptors (Lipinski definition) is 4. The van der Waals surface area contributed by atoms with Crippen LogP contribution in [0.2, 0.25) is 0 Å². The van der Waals surface area contributed by atoms with Crippen LogP contribution < -0.4 is 14.8 Å². The predicted molar refractivity (Wildman–Crippen MR) is 91.3 cm³/mol. The first-order valence-corrected chi connectivity index (χ1v) is 8.29. The number of carbonyl (C=O) groups excluding carboxylic acids is 1. The van der Waals surface area contributed by atoms with Crippen LogP contribution in [-0.4, -0.2) is 24.1 Å². The molecule has 3 rings (SSSR count). The van der Waals surface area contributed by atoms with Crippen LogP contribution in [0.15, 0.2) is 42.6 Å². The van der Waals surface area contributed by atoms with Crippen molar-refractivity contribution in [2.24, 2.45) is 0 Å². The van der Waals surface area contributed by atoms with E-state index in [9.17, 15) is 4.79 Å². The van der Waals surface area contributed by atoms with E-state index >= 15 is 0 Å². The van der Waals surface area contributed by atoms with Gasteiger partial charge in [-0.25, -0.2) is 0 Å². The number of rotatable bonds is 6. The molecule has 24 heavy (non-hydrogen) atoms. The molecule has 1 saturated carbocycles. The van der Waals surface area contributed by atoms with Gasteiger partial charge in [-0.3, -0.25) is 9.78 Å². The van der Waals surface area contributed by atoms with Crippen molar-refractivity contribution in [3.8, 4) is 11.5 Å². The molecule has 1 aliphatic carbocycles. The zero-order valence-corrected chi connectivity index (χ0v) is 13.8. The Hall–Kier alpha value is -2.56. The highest BCUT2D eigenvalue weighted by molar-refractivity contribution is 5.92. The standard InChI is InChI=1S/C19H22N2O3/c1-23-18-12-14(9-10-17(18)24-15-6-2-3-7-15)13-21-19(22)16-8-4-5-11-20-16/h4-5,8-12,15H,2-3,6-7,13H2,1H3,(H,21,22). The van der Waals surface area contributed by atoms with Gasteiger partial charge in [0, 0.05) is 12.7 Å². The fourth-order valence-electron chi connectivity index (χ4n) is 2.88. The molecule has 1 fully saturated rings. The van der Waals surface area contributed by atoms with E-state index in [1.165, 1.54) is 12.8 Å². The number of nitrogens with zero attached hydrogens (tertiary/aromatic N) is 1. The first-order chi connectivity index (χ1) is 11.8. The number of ether oxygens (including phenoxy) is 2. The lowest BCUT2D eigenvalue weighted by Crippen LogP contribution is -2.23. The molecule has 5 heteroatoms. The van der Waals surface area contributed by atoms with Gasteiger partial charge < -0.3 is 14.8 Å². The topological polar surface area (TPSA) is 60.5 Å². The highest BCUT2D eigenvalue weighted by Gasteiger charge is 2.18. The number of hydrogen-bond donors (Lipinski definition) is 1. The summed E-state index contributed by atoms with van der Waals surface area (Å²) in [6, 6.07) is 11.0. The monoisotopic (exact) mass is 326 g/mol. The molecule has 126 valence electrons. The summed E-state index contributed by atoms with van der Waals surface area (Å²) in [6.45, 7) is 0.412. The van der Waals surface area contributed by atoms with Crippen molar-refractivity contribution in [3.63, 3.8) is 0 Å². The second-order valence-corrected chi connectivity index (χ2v) is 5.91. The summed E-state index contributed by atoms with van der Waals surface area (Å²) in [5.41, 5.74) is 1.36. The number of nitrogens with one attached hydrogen (secondary N) is 1. The van der Waals surface area contributed by atoms with E-state index < -0.39 is 0 Å². The lowest BCUT2D eigenvalue weighted by Gasteiger charge is -2.16. The van der Waals surface area contributed by atoms with Gasteiger partial charge in [0.1, 0.15) is 5.69 Å². The summed E-state index contributed by atoms with van der Waals surface area (Å²) in [5.74, 6) is 1.27. The summed E-state index contributed by atoms with van der Waals surface area (Å²) in [5, 5.41) is 2.86. The number of amides is 1. The van der Waals surface area contributed by atoms with Crippen molar-refractivity contribution in [1.82, 2.24) is 10.3 Å². The van der Waals surface area contributed by atoms with Crippen molar-refractivity contribution in [2.75, 3.05) is 7.11 Å². The smallest absolute Gasteiger partial charge is 0.270 e. The van der Waals surface area contributed by atoms with E-state index in [1.54, 1.807) is 31.5 Å². The lowest BCUT2D eigenvalue weighted by molar-refractivity contribution is 0.0946. The first-order valence-electron chi connectivity index (χ1n) is 8.29. The molecule has 0 radical (unpaired) electrons. The van der Waals surface area contributed by atoms with Crippen LogP contribution in [0.1, 0.15) is 41.7 Å². The Morgan fingerprint density at radius 2 is 2.04 bits per heavy atom. The Balaban J connectivity index is 1.62. The molecule has 1 aromatic carbocycles. The summed E-state index contributed by atoms with van der Waals surface area (Å²) in [4.78, 5) is 16.1. The normalized spacial score (nSPS) is 14.4. The molecule has 1 N–H and O–H groups in total. The van der Waals surface area contributed by atoms with Crippen LogP contribution in [0.4, 0.5) is 0 Å². The van der Waals surface area contributed by atoms with Crippen LogP contribution in [-0.2, 0) is 6.54 Å². The Bertz CT molecular complexity index is 682. The second kappa shape index (κ2) is 7.81. The van der Waals surface area contributed by atoms with Crippen LogP contribution in [0.5, 0.6) is 11.5 Å². The van der Waals surface area contributed by atoms with Crippen LogP contribution in [0.3, 0.4) is 0 Å². The number of carbonyl (C=O) groups is 1. The molecule has 5 nitrogen and oxygen atoms in total. The highest BCUT2D eigenvalue weighted by Crippen LogP contribution is 2.32. The number of methoxy groups -OCH3 is 1. The molecular weight excluding hydrogens is 304 g/mol. The zero-order valence-electron chi connectivity index (χ0n) is 13.8. The summed E-state index contributed by atoms with van der Waals surface area (Å²) < 4.78 is 11.5. The highest BCUT2D eigenvalue weighted by atomic mass is 16.5. The van der Waals surface area contributed by atoms with E-state index in [-0.39, 0.29) is 12.0 Å². The van der Waals surface area contributed by atoms with Gasteiger partial charge in [0.15, 0.2) is 11.5 Å². The summed E-state index contributed by atoms with van der Waals surface area (Å²) in [6.07, 6.45) is 6.55. The SMILES string of the molecule is COc1cc(CNC(=O)c2ccccn2)ccc1OC1CCCC1. The molecule has 1 aromatic heterocycles. The van der Waals surface area contributed by atoms with Gasteiger partial charge in [-0.15, -0.1) is 0 Å². The average Bonchev–Trinajstić information content (AvgIpc) is 3.14. The molecule has 0 bridgehead atoms. The minimum absolute atomic E-state index is 0.194. The van der Waals surface area contributed by atoms with Crippen LogP contribution in [0.25, 0.3) is 0 Å². The maximum Gasteiger partial charge on any atom is 0.270 e. The van der Waals surface area contributed by atoms with Crippen molar-refractivity contribution < 1.29 is 14.3 Å². The van der Waals surface area contributed by atoms with Crippen molar-refractivity contribution in [2.45, 2.75) is 38.3 Å². The molecule has 2 aromatic rings. The van der Waals surface area contributed by atoms with Gasteiger partial charge in [0.05, 0.1) is 13.2 Å². The van der Waals surface area contributed by atoms with E-state index in [4.69, 9.17) is 9.47 Å². The fraction of sp³-hybridized carbons (Fsp3) is 0.368. The maximum atomic E-state index is 12.0. The largest absolute Gasteiger partial charge is 0.493 e. The number of benzene rings is 1. The van der Waals surface area contributed by atoms with Gasteiger partial charge in [-0.05, 0) is 55.5 Å². The molecule has 0 unspecified atom stereocenters. The minimum atomic E-state index is -0.194. The molecule has 0 aliphatic heterocycles. The number of pyridine rings is 1. The Kier molecular flexibility index (Phi) is 5.31. The summed E-state index contributed by atoms with van der Waals surface area (Å²) >= 11 is 0. The molecule has 0 saturated heterocycles. The third-order valence-electron chi connectivity index (χ3n) is 4.17. The third kappa shape index (κ3) is 4.04. The molecule has 1 heterocycles. The Morgan fingerprint density at radius 3 is 2.75 bits per heavy atom. The van der Waals surface area contributed by atoms with Crippen molar-refractivity contribution in [3.05, 3.63) is 53.9 Å². The maximum absolute atomic E-state index is 12.0. The van der Waals surface area contributed by atoms with Gasteiger partial charge in [0.25, 0.3) is 5.91 Å². The van der Waals surface area contributed by atoms with E-state index in [0.29, 0.717) is 18.0 Å². The van der Waals surface area contributed by atoms with Gasteiger partial charge in [0.2, 0.25) is 0 Å². The third-order valence-corrected chi connectivity index (χ3v) is 4.17. The minimum Gasteiger partial charge on any atom is -0.493 e. The Morgan fingerprint density at radius 1 is 1.21 bits per heavy atom. The van der Waals surface area contributed by atoms with E-state index in [2.05, 4.69) is 10.3 Å². The second-order valence-electron chi connectivity index (χ2n) is 5.91. The van der Waals surface area contributed by atoms with Crippen LogP contribution >= 0.6 is 0 Å². The quantitative estimate of drug-likeness (QED) is 0.884. The van der Waals surface area contributed by atoms with E-state index in [1.807, 2.05) is 18.2 Å². The first kappa shape index (κ1) is 16.3. The fourth-order valence-corrected chi connectivity index (χ4v) is 2.88. The number of aromatic nitrogens is 1. The van der Waals surface area contributed by atoms with Crippen molar-refractivity contribution in [1.29, 1.82) is 0 Å². The zero-order chi connectivity index (χ0) is 16.8. The van der Waals surface area contributed by atoms with Gasteiger partial charge >= 0.3 is 0 Å². The van der Waals surface area contributed by atoms with Gasteiger partial charge in [-0.1, -0.05) is 12.1 Å².